The number of nitrogens with zero attached hydrogens (tertiary/aromatic N) is 3. The van der Waals surface area contributed by atoms with Crippen molar-refractivity contribution in [2.75, 3.05) is 13.1 Å². The van der Waals surface area contributed by atoms with Gasteiger partial charge in [0.15, 0.2) is 0 Å². The number of nitrogens with one attached hydrogen (secondary N) is 1. The third kappa shape index (κ3) is 4.55. The van der Waals surface area contributed by atoms with E-state index in [9.17, 15) is 4.79 Å². The van der Waals surface area contributed by atoms with Crippen LogP contribution in [0.15, 0.2) is 12.4 Å². The monoisotopic (exact) mass is 212 g/mol. The number of aromatic nitrogens is 3. The van der Waals surface area contributed by atoms with Gasteiger partial charge in [0.2, 0.25) is 0 Å². The van der Waals surface area contributed by atoms with E-state index in [0.717, 1.165) is 19.5 Å². The lowest BCUT2D eigenvalue weighted by Crippen LogP contribution is -2.27. The minimum Gasteiger partial charge on any atom is -0.481 e. The molecule has 1 aromatic rings. The molecule has 1 rings (SSSR count). The molecule has 0 saturated carbocycles. The first-order valence-electron chi connectivity index (χ1n) is 4.98. The summed E-state index contributed by atoms with van der Waals surface area (Å²) in [5.41, 5.74) is 0. The fraction of sp³-hybridized carbons (Fsp3) is 0.667. The number of carboxylic acid groups (broad SMARTS) is 1. The van der Waals surface area contributed by atoms with E-state index in [1.807, 2.05) is 0 Å². The van der Waals surface area contributed by atoms with Crippen LogP contribution in [0.3, 0.4) is 0 Å². The van der Waals surface area contributed by atoms with Crippen molar-refractivity contribution in [3.05, 3.63) is 12.4 Å². The van der Waals surface area contributed by atoms with Gasteiger partial charge in [0.1, 0.15) is 0 Å². The fourth-order valence-electron chi connectivity index (χ4n) is 1.12. The smallest absolute Gasteiger partial charge is 0.307 e. The highest BCUT2D eigenvalue weighted by Gasteiger charge is 2.08. The summed E-state index contributed by atoms with van der Waals surface area (Å²) in [5, 5.41) is 19.2. The molecule has 1 aromatic heterocycles. The Morgan fingerprint density at radius 2 is 2.47 bits per heavy atom. The van der Waals surface area contributed by atoms with Crippen LogP contribution < -0.4 is 5.32 Å². The number of hydrogen-bond donors (Lipinski definition) is 2. The SMILES string of the molecule is CC(CNCCCn1ccnn1)C(=O)O. The van der Waals surface area contributed by atoms with Gasteiger partial charge >= 0.3 is 5.97 Å². The van der Waals surface area contributed by atoms with Crippen molar-refractivity contribution in [2.45, 2.75) is 19.9 Å². The van der Waals surface area contributed by atoms with Gasteiger partial charge in [-0.15, -0.1) is 5.10 Å². The maximum atomic E-state index is 10.5. The fourth-order valence-corrected chi connectivity index (χ4v) is 1.12. The molecule has 0 aliphatic heterocycles. The Kier molecular flexibility index (Phi) is 4.76. The van der Waals surface area contributed by atoms with Gasteiger partial charge < -0.3 is 10.4 Å². The number of rotatable bonds is 7. The van der Waals surface area contributed by atoms with Crippen LogP contribution in [0.1, 0.15) is 13.3 Å². The van der Waals surface area contributed by atoms with Crippen LogP contribution in [-0.4, -0.2) is 39.2 Å². The van der Waals surface area contributed by atoms with Crippen molar-refractivity contribution in [2.24, 2.45) is 5.92 Å². The van der Waals surface area contributed by atoms with Gasteiger partial charge in [-0.25, -0.2) is 0 Å². The van der Waals surface area contributed by atoms with E-state index >= 15 is 0 Å². The van der Waals surface area contributed by atoms with Gasteiger partial charge in [0.25, 0.3) is 0 Å². The number of carboxylic acids is 1. The molecule has 0 amide bonds. The van der Waals surface area contributed by atoms with E-state index in [4.69, 9.17) is 5.11 Å². The molecule has 0 radical (unpaired) electrons. The van der Waals surface area contributed by atoms with Crippen LogP contribution in [0.4, 0.5) is 0 Å². The molecular weight excluding hydrogens is 196 g/mol. The minimum atomic E-state index is -0.765. The molecule has 0 aliphatic carbocycles. The molecule has 15 heavy (non-hydrogen) atoms. The second kappa shape index (κ2) is 6.13. The average molecular weight is 212 g/mol. The Hall–Kier alpha value is -1.43. The molecule has 1 heterocycles. The first kappa shape index (κ1) is 11.6. The Morgan fingerprint density at radius 3 is 3.07 bits per heavy atom. The highest BCUT2D eigenvalue weighted by atomic mass is 16.4. The van der Waals surface area contributed by atoms with E-state index in [-0.39, 0.29) is 5.92 Å². The quantitative estimate of drug-likeness (QED) is 0.621. The summed E-state index contributed by atoms with van der Waals surface area (Å²) in [6, 6.07) is 0. The van der Waals surface area contributed by atoms with Gasteiger partial charge in [-0.2, -0.15) is 0 Å². The summed E-state index contributed by atoms with van der Waals surface area (Å²) < 4.78 is 1.75. The molecule has 1 unspecified atom stereocenters. The van der Waals surface area contributed by atoms with Gasteiger partial charge in [-0.3, -0.25) is 9.48 Å². The zero-order valence-corrected chi connectivity index (χ0v) is 8.76. The van der Waals surface area contributed by atoms with E-state index in [0.29, 0.717) is 6.54 Å². The largest absolute Gasteiger partial charge is 0.481 e. The van der Waals surface area contributed by atoms with Crippen molar-refractivity contribution in [1.29, 1.82) is 0 Å². The third-order valence-electron chi connectivity index (χ3n) is 2.08. The Bertz CT molecular complexity index is 286. The Morgan fingerprint density at radius 1 is 1.67 bits per heavy atom. The van der Waals surface area contributed by atoms with Crippen LogP contribution >= 0.6 is 0 Å². The summed E-state index contributed by atoms with van der Waals surface area (Å²) in [6.07, 6.45) is 4.36. The Balaban J connectivity index is 2.00. The first-order chi connectivity index (χ1) is 7.20. The molecule has 0 aliphatic rings. The molecule has 6 heteroatoms. The topological polar surface area (TPSA) is 80.0 Å². The Labute approximate surface area is 88.3 Å². The number of hydrogen-bond acceptors (Lipinski definition) is 4. The predicted octanol–water partition coefficient (Wildman–Crippen LogP) is -0.0215. The van der Waals surface area contributed by atoms with Gasteiger partial charge in [-0.1, -0.05) is 12.1 Å². The molecular formula is C9H16N4O2. The van der Waals surface area contributed by atoms with Crippen LogP contribution in [-0.2, 0) is 11.3 Å². The lowest BCUT2D eigenvalue weighted by Gasteiger charge is -2.07. The number of carbonyl (C=O) groups is 1. The molecule has 2 N–H and O–H groups in total. The molecule has 1 atom stereocenters. The van der Waals surface area contributed by atoms with Crippen LogP contribution in [0.25, 0.3) is 0 Å². The average Bonchev–Trinajstić information content (AvgIpc) is 2.69. The van der Waals surface area contributed by atoms with Gasteiger partial charge in [-0.05, 0) is 13.0 Å². The molecule has 84 valence electrons. The molecule has 0 spiro atoms. The zero-order chi connectivity index (χ0) is 11.1. The lowest BCUT2D eigenvalue weighted by atomic mass is 10.2. The van der Waals surface area contributed by atoms with E-state index < -0.39 is 5.97 Å². The minimum absolute atomic E-state index is 0.337. The second-order valence-electron chi connectivity index (χ2n) is 3.46. The van der Waals surface area contributed by atoms with Crippen LogP contribution in [0, 0.1) is 5.92 Å². The van der Waals surface area contributed by atoms with Crippen molar-refractivity contribution in [3.63, 3.8) is 0 Å². The maximum absolute atomic E-state index is 10.5. The number of aliphatic carboxylic acids is 1. The molecule has 0 fully saturated rings. The first-order valence-corrected chi connectivity index (χ1v) is 4.98. The lowest BCUT2D eigenvalue weighted by molar-refractivity contribution is -0.140. The number of aryl methyl sites for hydroxylation is 1. The zero-order valence-electron chi connectivity index (χ0n) is 8.76. The summed E-state index contributed by atoms with van der Waals surface area (Å²) in [7, 11) is 0. The molecule has 6 nitrogen and oxygen atoms in total. The molecule has 0 saturated heterocycles. The van der Waals surface area contributed by atoms with E-state index in [2.05, 4.69) is 15.6 Å². The second-order valence-corrected chi connectivity index (χ2v) is 3.46. The van der Waals surface area contributed by atoms with E-state index in [1.54, 1.807) is 24.0 Å². The van der Waals surface area contributed by atoms with Crippen LogP contribution in [0.5, 0.6) is 0 Å². The standard InChI is InChI=1S/C9H16N4O2/c1-8(9(14)15)7-10-3-2-5-13-6-4-11-12-13/h4,6,8,10H,2-3,5,7H2,1H3,(H,14,15). The normalized spacial score (nSPS) is 12.6. The highest BCUT2D eigenvalue weighted by molar-refractivity contribution is 5.69. The van der Waals surface area contributed by atoms with Crippen LogP contribution in [0.2, 0.25) is 0 Å². The highest BCUT2D eigenvalue weighted by Crippen LogP contribution is 1.92. The van der Waals surface area contributed by atoms with Crippen molar-refractivity contribution in [3.8, 4) is 0 Å². The van der Waals surface area contributed by atoms with Crippen molar-refractivity contribution < 1.29 is 9.90 Å². The third-order valence-corrected chi connectivity index (χ3v) is 2.08. The summed E-state index contributed by atoms with van der Waals surface area (Å²) >= 11 is 0. The van der Waals surface area contributed by atoms with Gasteiger partial charge in [0, 0.05) is 19.3 Å². The predicted molar refractivity (Wildman–Crippen MR) is 54.3 cm³/mol. The van der Waals surface area contributed by atoms with Crippen molar-refractivity contribution >= 4 is 5.97 Å². The van der Waals surface area contributed by atoms with Gasteiger partial charge in [0.05, 0.1) is 12.1 Å². The summed E-state index contributed by atoms with van der Waals surface area (Å²) in [5.74, 6) is -1.10. The van der Waals surface area contributed by atoms with E-state index in [1.165, 1.54) is 0 Å². The van der Waals surface area contributed by atoms with Crippen molar-refractivity contribution in [1.82, 2.24) is 20.3 Å². The summed E-state index contributed by atoms with van der Waals surface area (Å²) in [6.45, 7) is 3.78. The summed E-state index contributed by atoms with van der Waals surface area (Å²) in [4.78, 5) is 10.5. The molecule has 0 aromatic carbocycles. The maximum Gasteiger partial charge on any atom is 0.307 e. The molecule has 0 bridgehead atoms.